The molecule has 3 saturated carbocycles. The van der Waals surface area contributed by atoms with E-state index in [0.29, 0.717) is 63.1 Å². The van der Waals surface area contributed by atoms with Gasteiger partial charge in [0.15, 0.2) is 0 Å². The number of methoxy groups -OCH3 is 1. The van der Waals surface area contributed by atoms with E-state index in [9.17, 15) is 5.11 Å². The summed E-state index contributed by atoms with van der Waals surface area (Å²) in [6.07, 6.45) is 10.3. The van der Waals surface area contributed by atoms with Gasteiger partial charge in [0, 0.05) is 13.7 Å². The van der Waals surface area contributed by atoms with Gasteiger partial charge in [-0.05, 0) is 91.4 Å². The van der Waals surface area contributed by atoms with Gasteiger partial charge in [-0.25, -0.2) is 0 Å². The molecule has 33 heavy (non-hydrogen) atoms. The molecule has 0 saturated heterocycles. The SMILES string of the molecule is COCCOCCOCCOCC1CC2CC1CC2c1cc(C2CCCCC2)c(O)cc1C. The molecule has 0 radical (unpaired) electrons. The first kappa shape index (κ1) is 25.0. The number of rotatable bonds is 13. The third kappa shape index (κ3) is 6.50. The van der Waals surface area contributed by atoms with Crippen molar-refractivity contribution in [2.24, 2.45) is 17.8 Å². The fourth-order valence-corrected chi connectivity index (χ4v) is 6.66. The summed E-state index contributed by atoms with van der Waals surface area (Å²) in [5.41, 5.74) is 4.02. The average Bonchev–Trinajstić information content (AvgIpc) is 3.42. The lowest BCUT2D eigenvalue weighted by Gasteiger charge is -2.31. The highest BCUT2D eigenvalue weighted by Crippen LogP contribution is 2.56. The standard InChI is InChI=1S/C28H44O5/c1-20-14-28(29)27(21-6-4-3-5-7-21)18-25(20)26-17-22-15-23(26)16-24(22)19-33-13-12-32-11-10-31-9-8-30-2/h14,18,21-24,26,29H,3-13,15-17,19H2,1-2H3. The van der Waals surface area contributed by atoms with Gasteiger partial charge in [-0.2, -0.15) is 0 Å². The van der Waals surface area contributed by atoms with Gasteiger partial charge in [-0.1, -0.05) is 25.3 Å². The first-order valence-corrected chi connectivity index (χ1v) is 13.2. The first-order chi connectivity index (χ1) is 16.2. The smallest absolute Gasteiger partial charge is 0.119 e. The molecule has 3 fully saturated rings. The predicted molar refractivity (Wildman–Crippen MR) is 130 cm³/mol. The van der Waals surface area contributed by atoms with E-state index in [1.54, 1.807) is 7.11 Å². The third-order valence-corrected chi connectivity index (χ3v) is 8.37. The van der Waals surface area contributed by atoms with Crippen molar-refractivity contribution < 1.29 is 24.1 Å². The topological polar surface area (TPSA) is 57.2 Å². The molecule has 3 aliphatic rings. The summed E-state index contributed by atoms with van der Waals surface area (Å²) in [6, 6.07) is 4.45. The van der Waals surface area contributed by atoms with Crippen LogP contribution in [0.15, 0.2) is 12.1 Å². The summed E-state index contributed by atoms with van der Waals surface area (Å²) >= 11 is 0. The molecule has 5 heteroatoms. The molecular weight excluding hydrogens is 416 g/mol. The Balaban J connectivity index is 1.20. The van der Waals surface area contributed by atoms with Crippen LogP contribution >= 0.6 is 0 Å². The van der Waals surface area contributed by atoms with Crippen molar-refractivity contribution in [1.29, 1.82) is 0 Å². The minimum absolute atomic E-state index is 0.529. The molecule has 0 spiro atoms. The van der Waals surface area contributed by atoms with Crippen LogP contribution in [0.2, 0.25) is 0 Å². The lowest BCUT2D eigenvalue weighted by Crippen LogP contribution is -2.22. The number of hydrogen-bond acceptors (Lipinski definition) is 5. The van der Waals surface area contributed by atoms with Crippen LogP contribution in [0.4, 0.5) is 0 Å². The van der Waals surface area contributed by atoms with Crippen molar-refractivity contribution in [2.45, 2.75) is 70.1 Å². The zero-order valence-electron chi connectivity index (χ0n) is 20.7. The van der Waals surface area contributed by atoms with E-state index in [2.05, 4.69) is 19.1 Å². The molecule has 186 valence electrons. The monoisotopic (exact) mass is 460 g/mol. The summed E-state index contributed by atoms with van der Waals surface area (Å²) in [6.45, 7) is 6.81. The van der Waals surface area contributed by atoms with Crippen molar-refractivity contribution in [1.82, 2.24) is 0 Å². The van der Waals surface area contributed by atoms with Crippen molar-refractivity contribution >= 4 is 0 Å². The molecule has 0 heterocycles. The van der Waals surface area contributed by atoms with Crippen LogP contribution in [0.5, 0.6) is 5.75 Å². The summed E-state index contributed by atoms with van der Waals surface area (Å²) in [4.78, 5) is 0. The van der Waals surface area contributed by atoms with Gasteiger partial charge in [0.05, 0.1) is 39.6 Å². The van der Waals surface area contributed by atoms with Crippen LogP contribution in [-0.4, -0.2) is 58.5 Å². The van der Waals surface area contributed by atoms with Crippen LogP contribution in [0.25, 0.3) is 0 Å². The maximum Gasteiger partial charge on any atom is 0.119 e. The molecule has 0 amide bonds. The first-order valence-electron chi connectivity index (χ1n) is 13.2. The molecule has 4 atom stereocenters. The van der Waals surface area contributed by atoms with Crippen LogP contribution in [0.3, 0.4) is 0 Å². The summed E-state index contributed by atoms with van der Waals surface area (Å²) in [5.74, 6) is 3.99. The van der Waals surface area contributed by atoms with Gasteiger partial charge in [-0.15, -0.1) is 0 Å². The molecule has 5 nitrogen and oxygen atoms in total. The lowest BCUT2D eigenvalue weighted by molar-refractivity contribution is -0.00509. The number of benzene rings is 1. The van der Waals surface area contributed by atoms with Gasteiger partial charge in [0.2, 0.25) is 0 Å². The van der Waals surface area contributed by atoms with E-state index in [-0.39, 0.29) is 0 Å². The highest BCUT2D eigenvalue weighted by atomic mass is 16.6. The summed E-state index contributed by atoms with van der Waals surface area (Å²) in [7, 11) is 1.68. The molecule has 4 rings (SSSR count). The number of phenols is 1. The fourth-order valence-electron chi connectivity index (χ4n) is 6.66. The van der Waals surface area contributed by atoms with Crippen molar-refractivity contribution in [3.05, 3.63) is 28.8 Å². The second-order valence-electron chi connectivity index (χ2n) is 10.5. The van der Waals surface area contributed by atoms with Gasteiger partial charge < -0.3 is 24.1 Å². The summed E-state index contributed by atoms with van der Waals surface area (Å²) < 4.78 is 21.9. The van der Waals surface area contributed by atoms with Gasteiger partial charge >= 0.3 is 0 Å². The van der Waals surface area contributed by atoms with Crippen LogP contribution in [-0.2, 0) is 18.9 Å². The second kappa shape index (κ2) is 12.5. The fraction of sp³-hybridized carbons (Fsp3) is 0.786. The molecule has 2 bridgehead atoms. The normalized spacial score (nSPS) is 27.5. The zero-order valence-corrected chi connectivity index (χ0v) is 20.7. The molecule has 3 aliphatic carbocycles. The number of ether oxygens (including phenoxy) is 4. The molecule has 0 aromatic heterocycles. The second-order valence-corrected chi connectivity index (χ2v) is 10.5. The van der Waals surface area contributed by atoms with Crippen LogP contribution in [0, 0.1) is 24.7 Å². The van der Waals surface area contributed by atoms with E-state index >= 15 is 0 Å². The summed E-state index contributed by atoms with van der Waals surface area (Å²) in [5, 5.41) is 10.7. The van der Waals surface area contributed by atoms with E-state index in [1.807, 2.05) is 0 Å². The van der Waals surface area contributed by atoms with E-state index in [0.717, 1.165) is 18.4 Å². The Bertz CT molecular complexity index is 729. The largest absolute Gasteiger partial charge is 0.508 e. The minimum atomic E-state index is 0.529. The maximum absolute atomic E-state index is 10.7. The predicted octanol–water partition coefficient (Wildman–Crippen LogP) is 5.57. The van der Waals surface area contributed by atoms with E-state index in [4.69, 9.17) is 18.9 Å². The van der Waals surface area contributed by atoms with Gasteiger partial charge in [-0.3, -0.25) is 0 Å². The Labute approximate surface area is 200 Å². The molecular formula is C28H44O5. The Morgan fingerprint density at radius 1 is 0.788 bits per heavy atom. The zero-order chi connectivity index (χ0) is 23.0. The molecule has 1 N–H and O–H groups in total. The minimum Gasteiger partial charge on any atom is -0.508 e. The van der Waals surface area contributed by atoms with Gasteiger partial charge in [0.1, 0.15) is 5.75 Å². The van der Waals surface area contributed by atoms with Gasteiger partial charge in [0.25, 0.3) is 0 Å². The highest BCUT2D eigenvalue weighted by Gasteiger charge is 2.46. The Hall–Kier alpha value is -1.14. The molecule has 1 aromatic carbocycles. The van der Waals surface area contributed by atoms with E-state index in [1.165, 1.54) is 68.1 Å². The lowest BCUT2D eigenvalue weighted by atomic mass is 9.75. The maximum atomic E-state index is 10.7. The quantitative estimate of drug-likeness (QED) is 0.390. The highest BCUT2D eigenvalue weighted by molar-refractivity contribution is 5.45. The Kier molecular flexibility index (Phi) is 9.48. The van der Waals surface area contributed by atoms with Crippen LogP contribution < -0.4 is 0 Å². The van der Waals surface area contributed by atoms with Crippen molar-refractivity contribution in [3.8, 4) is 5.75 Å². The molecule has 0 aliphatic heterocycles. The number of hydrogen-bond donors (Lipinski definition) is 1. The number of aromatic hydroxyl groups is 1. The Morgan fingerprint density at radius 2 is 1.48 bits per heavy atom. The van der Waals surface area contributed by atoms with Crippen molar-refractivity contribution in [3.63, 3.8) is 0 Å². The number of fused-ring (bicyclic) bond motifs is 2. The third-order valence-electron chi connectivity index (χ3n) is 8.37. The van der Waals surface area contributed by atoms with Crippen molar-refractivity contribution in [2.75, 3.05) is 53.4 Å². The van der Waals surface area contributed by atoms with E-state index < -0.39 is 0 Å². The average molecular weight is 461 g/mol. The molecule has 4 unspecified atom stereocenters. The Morgan fingerprint density at radius 3 is 2.15 bits per heavy atom. The van der Waals surface area contributed by atoms with Crippen LogP contribution in [0.1, 0.15) is 79.9 Å². The number of phenolic OH excluding ortho intramolecular Hbond substituents is 1. The molecule has 1 aromatic rings. The number of aryl methyl sites for hydroxylation is 1.